The predicted molar refractivity (Wildman–Crippen MR) is 68.8 cm³/mol. The SMILES string of the molecule is CCc1cc2c(cc1CC(C)N)OCCCO2. The monoisotopic (exact) mass is 235 g/mol. The average Bonchev–Trinajstić information content (AvgIpc) is 2.51. The van der Waals surface area contributed by atoms with Gasteiger partial charge in [0.1, 0.15) is 0 Å². The molecular formula is C14H21NO2. The molecule has 1 atom stereocenters. The fraction of sp³-hybridized carbons (Fsp3) is 0.571. The van der Waals surface area contributed by atoms with Gasteiger partial charge in [0.15, 0.2) is 11.5 Å². The summed E-state index contributed by atoms with van der Waals surface area (Å²) in [5.74, 6) is 1.75. The molecule has 0 fully saturated rings. The highest BCUT2D eigenvalue weighted by atomic mass is 16.5. The molecule has 0 radical (unpaired) electrons. The first kappa shape index (κ1) is 12.2. The summed E-state index contributed by atoms with van der Waals surface area (Å²) >= 11 is 0. The Morgan fingerprint density at radius 3 is 2.29 bits per heavy atom. The zero-order valence-corrected chi connectivity index (χ0v) is 10.7. The summed E-state index contributed by atoms with van der Waals surface area (Å²) in [7, 11) is 0. The topological polar surface area (TPSA) is 44.5 Å². The van der Waals surface area contributed by atoms with E-state index in [-0.39, 0.29) is 6.04 Å². The first-order valence-corrected chi connectivity index (χ1v) is 6.37. The van der Waals surface area contributed by atoms with Crippen LogP contribution in [0.5, 0.6) is 11.5 Å². The van der Waals surface area contributed by atoms with Gasteiger partial charge in [0, 0.05) is 12.5 Å². The van der Waals surface area contributed by atoms with Gasteiger partial charge in [-0.2, -0.15) is 0 Å². The van der Waals surface area contributed by atoms with E-state index in [1.165, 1.54) is 11.1 Å². The highest BCUT2D eigenvalue weighted by Gasteiger charge is 2.14. The van der Waals surface area contributed by atoms with E-state index in [0.29, 0.717) is 0 Å². The van der Waals surface area contributed by atoms with Gasteiger partial charge in [-0.1, -0.05) is 6.92 Å². The number of nitrogens with two attached hydrogens (primary N) is 1. The molecule has 2 rings (SSSR count). The van der Waals surface area contributed by atoms with Crippen molar-refractivity contribution in [3.63, 3.8) is 0 Å². The Kier molecular flexibility index (Phi) is 3.89. The van der Waals surface area contributed by atoms with Crippen LogP contribution in [0.15, 0.2) is 12.1 Å². The Hall–Kier alpha value is -1.22. The molecule has 3 heteroatoms. The van der Waals surface area contributed by atoms with Crippen molar-refractivity contribution in [1.82, 2.24) is 0 Å². The van der Waals surface area contributed by atoms with Crippen LogP contribution in [0.3, 0.4) is 0 Å². The Balaban J connectivity index is 2.35. The minimum atomic E-state index is 0.171. The lowest BCUT2D eigenvalue weighted by atomic mass is 9.98. The molecule has 94 valence electrons. The molecule has 2 N–H and O–H groups in total. The van der Waals surface area contributed by atoms with Crippen molar-refractivity contribution in [2.75, 3.05) is 13.2 Å². The predicted octanol–water partition coefficient (Wildman–Crippen LogP) is 2.30. The van der Waals surface area contributed by atoms with Crippen molar-refractivity contribution in [3.8, 4) is 11.5 Å². The molecule has 17 heavy (non-hydrogen) atoms. The number of rotatable bonds is 3. The summed E-state index contributed by atoms with van der Waals surface area (Å²) in [5, 5.41) is 0. The molecule has 0 saturated carbocycles. The van der Waals surface area contributed by atoms with E-state index in [1.54, 1.807) is 0 Å². The minimum Gasteiger partial charge on any atom is -0.490 e. The first-order valence-electron chi connectivity index (χ1n) is 6.37. The van der Waals surface area contributed by atoms with Crippen LogP contribution in [0.25, 0.3) is 0 Å². The summed E-state index contributed by atoms with van der Waals surface area (Å²) < 4.78 is 11.4. The molecule has 1 heterocycles. The Morgan fingerprint density at radius 1 is 1.18 bits per heavy atom. The van der Waals surface area contributed by atoms with Crippen LogP contribution in [0.4, 0.5) is 0 Å². The molecule has 1 aromatic carbocycles. The lowest BCUT2D eigenvalue weighted by Crippen LogP contribution is -2.18. The minimum absolute atomic E-state index is 0.171. The summed E-state index contributed by atoms with van der Waals surface area (Å²) in [6, 6.07) is 4.38. The van der Waals surface area contributed by atoms with E-state index < -0.39 is 0 Å². The van der Waals surface area contributed by atoms with Crippen LogP contribution in [0, 0.1) is 0 Å². The number of benzene rings is 1. The molecule has 1 aliphatic rings. The van der Waals surface area contributed by atoms with Crippen LogP contribution >= 0.6 is 0 Å². The van der Waals surface area contributed by atoms with E-state index >= 15 is 0 Å². The first-order chi connectivity index (χ1) is 8.20. The van der Waals surface area contributed by atoms with Gasteiger partial charge in [-0.25, -0.2) is 0 Å². The van der Waals surface area contributed by atoms with Gasteiger partial charge in [0.2, 0.25) is 0 Å². The Labute approximate surface area is 103 Å². The quantitative estimate of drug-likeness (QED) is 0.874. The molecule has 0 aliphatic carbocycles. The number of ether oxygens (including phenoxy) is 2. The molecule has 1 aromatic rings. The molecule has 0 aromatic heterocycles. The molecule has 0 amide bonds. The summed E-state index contributed by atoms with van der Waals surface area (Å²) in [4.78, 5) is 0. The fourth-order valence-electron chi connectivity index (χ4n) is 2.16. The maximum Gasteiger partial charge on any atom is 0.161 e. The van der Waals surface area contributed by atoms with Gasteiger partial charge >= 0.3 is 0 Å². The van der Waals surface area contributed by atoms with Crippen LogP contribution < -0.4 is 15.2 Å². The highest BCUT2D eigenvalue weighted by molar-refractivity contribution is 5.48. The van der Waals surface area contributed by atoms with Gasteiger partial charge in [0.05, 0.1) is 13.2 Å². The lowest BCUT2D eigenvalue weighted by molar-refractivity contribution is 0.297. The lowest BCUT2D eigenvalue weighted by Gasteiger charge is -2.15. The fourth-order valence-corrected chi connectivity index (χ4v) is 2.16. The van der Waals surface area contributed by atoms with Crippen molar-refractivity contribution in [2.45, 2.75) is 39.2 Å². The smallest absolute Gasteiger partial charge is 0.161 e. The van der Waals surface area contributed by atoms with Gasteiger partial charge in [-0.05, 0) is 43.0 Å². The maximum atomic E-state index is 5.88. The zero-order valence-electron chi connectivity index (χ0n) is 10.7. The van der Waals surface area contributed by atoms with Gasteiger partial charge in [-0.3, -0.25) is 0 Å². The van der Waals surface area contributed by atoms with Crippen LogP contribution in [-0.2, 0) is 12.8 Å². The van der Waals surface area contributed by atoms with E-state index in [0.717, 1.165) is 44.0 Å². The third-order valence-corrected chi connectivity index (χ3v) is 2.99. The summed E-state index contributed by atoms with van der Waals surface area (Å²) in [6.07, 6.45) is 2.83. The van der Waals surface area contributed by atoms with Crippen LogP contribution in [0.2, 0.25) is 0 Å². The van der Waals surface area contributed by atoms with Gasteiger partial charge in [0.25, 0.3) is 0 Å². The second-order valence-electron chi connectivity index (χ2n) is 4.65. The van der Waals surface area contributed by atoms with Crippen molar-refractivity contribution in [3.05, 3.63) is 23.3 Å². The Morgan fingerprint density at radius 2 is 1.76 bits per heavy atom. The third kappa shape index (κ3) is 2.91. The Bertz CT molecular complexity index is 388. The number of aryl methyl sites for hydroxylation is 1. The number of hydrogen-bond acceptors (Lipinski definition) is 3. The largest absolute Gasteiger partial charge is 0.490 e. The molecule has 1 unspecified atom stereocenters. The van der Waals surface area contributed by atoms with E-state index in [2.05, 4.69) is 19.1 Å². The van der Waals surface area contributed by atoms with Gasteiger partial charge in [-0.15, -0.1) is 0 Å². The van der Waals surface area contributed by atoms with Crippen molar-refractivity contribution in [1.29, 1.82) is 0 Å². The standard InChI is InChI=1S/C14H21NO2/c1-3-11-8-13-14(17-6-4-5-16-13)9-12(11)7-10(2)15/h8-10H,3-7,15H2,1-2H3. The molecular weight excluding hydrogens is 214 g/mol. The van der Waals surface area contributed by atoms with E-state index in [4.69, 9.17) is 15.2 Å². The zero-order chi connectivity index (χ0) is 12.3. The second kappa shape index (κ2) is 5.41. The van der Waals surface area contributed by atoms with Crippen molar-refractivity contribution < 1.29 is 9.47 Å². The number of hydrogen-bond donors (Lipinski definition) is 1. The van der Waals surface area contributed by atoms with Gasteiger partial charge < -0.3 is 15.2 Å². The average molecular weight is 235 g/mol. The van der Waals surface area contributed by atoms with E-state index in [9.17, 15) is 0 Å². The van der Waals surface area contributed by atoms with Crippen LogP contribution in [-0.4, -0.2) is 19.3 Å². The van der Waals surface area contributed by atoms with E-state index in [1.807, 2.05) is 6.92 Å². The van der Waals surface area contributed by atoms with Crippen molar-refractivity contribution >= 4 is 0 Å². The van der Waals surface area contributed by atoms with Crippen molar-refractivity contribution in [2.24, 2.45) is 5.73 Å². The molecule has 0 bridgehead atoms. The van der Waals surface area contributed by atoms with Crippen LogP contribution in [0.1, 0.15) is 31.4 Å². The second-order valence-corrected chi connectivity index (χ2v) is 4.65. The molecule has 1 aliphatic heterocycles. The normalized spacial score (nSPS) is 16.4. The molecule has 0 spiro atoms. The summed E-state index contributed by atoms with van der Waals surface area (Å²) in [6.45, 7) is 5.66. The summed E-state index contributed by atoms with van der Waals surface area (Å²) in [5.41, 5.74) is 8.48. The molecule has 3 nitrogen and oxygen atoms in total. The number of fused-ring (bicyclic) bond motifs is 1. The third-order valence-electron chi connectivity index (χ3n) is 2.99. The molecule has 0 saturated heterocycles. The maximum absolute atomic E-state index is 5.88. The highest BCUT2D eigenvalue weighted by Crippen LogP contribution is 2.33.